The Morgan fingerprint density at radius 1 is 1.00 bits per heavy atom. The van der Waals surface area contributed by atoms with Gasteiger partial charge in [-0.15, -0.1) is 0 Å². The van der Waals surface area contributed by atoms with Gasteiger partial charge in [-0.05, 0) is 42.2 Å². The Bertz CT molecular complexity index is 684. The fourth-order valence-electron chi connectivity index (χ4n) is 2.76. The van der Waals surface area contributed by atoms with Crippen molar-refractivity contribution in [3.63, 3.8) is 0 Å². The molecule has 0 atom stereocenters. The smallest absolute Gasteiger partial charge is 0.326 e. The standard InChI is InChI=1S/C17H14F3NO/c18-17(19,20)14-6-3-7-15(10-14)21-16(22)13-8-11-4-1-2-5-12(11)9-13/h1-7,10,13H,8-9H2,(H,21,22). The first-order valence-corrected chi connectivity index (χ1v) is 6.98. The SMILES string of the molecule is O=C(Nc1cccc(C(F)(F)F)c1)C1Cc2ccccc2C1. The molecule has 0 bridgehead atoms. The van der Waals surface area contributed by atoms with Crippen molar-refractivity contribution in [3.05, 3.63) is 65.2 Å². The maximum atomic E-state index is 12.7. The lowest BCUT2D eigenvalue weighted by Gasteiger charge is -2.12. The molecule has 2 aromatic rings. The van der Waals surface area contributed by atoms with Crippen LogP contribution in [0.25, 0.3) is 0 Å². The van der Waals surface area contributed by atoms with Crippen LogP contribution in [0, 0.1) is 5.92 Å². The lowest BCUT2D eigenvalue weighted by Crippen LogP contribution is -2.23. The minimum Gasteiger partial charge on any atom is -0.326 e. The fourth-order valence-corrected chi connectivity index (χ4v) is 2.76. The van der Waals surface area contributed by atoms with Crippen molar-refractivity contribution in [2.24, 2.45) is 5.92 Å². The highest BCUT2D eigenvalue weighted by Gasteiger charge is 2.31. The molecule has 0 saturated carbocycles. The lowest BCUT2D eigenvalue weighted by molar-refractivity contribution is -0.137. The summed E-state index contributed by atoms with van der Waals surface area (Å²) in [4.78, 5) is 12.3. The van der Waals surface area contributed by atoms with Crippen LogP contribution in [-0.2, 0) is 23.8 Å². The van der Waals surface area contributed by atoms with E-state index in [0.29, 0.717) is 12.8 Å². The zero-order valence-electron chi connectivity index (χ0n) is 11.7. The van der Waals surface area contributed by atoms with Crippen molar-refractivity contribution in [2.45, 2.75) is 19.0 Å². The summed E-state index contributed by atoms with van der Waals surface area (Å²) >= 11 is 0. The van der Waals surface area contributed by atoms with Crippen LogP contribution in [0.4, 0.5) is 18.9 Å². The van der Waals surface area contributed by atoms with E-state index in [9.17, 15) is 18.0 Å². The monoisotopic (exact) mass is 305 g/mol. The minimum atomic E-state index is -4.41. The summed E-state index contributed by atoms with van der Waals surface area (Å²) in [6.07, 6.45) is -3.16. The Balaban J connectivity index is 1.71. The molecule has 0 radical (unpaired) electrons. The average molecular weight is 305 g/mol. The molecule has 3 rings (SSSR count). The molecular formula is C17H14F3NO. The third-order valence-corrected chi connectivity index (χ3v) is 3.88. The second-order valence-corrected chi connectivity index (χ2v) is 5.44. The van der Waals surface area contributed by atoms with Crippen LogP contribution in [0.1, 0.15) is 16.7 Å². The number of carbonyl (C=O) groups excluding carboxylic acids is 1. The van der Waals surface area contributed by atoms with Gasteiger partial charge in [0.1, 0.15) is 0 Å². The summed E-state index contributed by atoms with van der Waals surface area (Å²) in [5.74, 6) is -0.470. The van der Waals surface area contributed by atoms with Gasteiger partial charge in [-0.25, -0.2) is 0 Å². The Labute approximate surface area is 126 Å². The van der Waals surface area contributed by atoms with E-state index in [1.165, 1.54) is 12.1 Å². The second kappa shape index (κ2) is 5.48. The van der Waals surface area contributed by atoms with Crippen molar-refractivity contribution in [2.75, 3.05) is 5.32 Å². The number of alkyl halides is 3. The lowest BCUT2D eigenvalue weighted by atomic mass is 10.1. The molecule has 2 nitrogen and oxygen atoms in total. The van der Waals surface area contributed by atoms with Crippen LogP contribution in [-0.4, -0.2) is 5.91 Å². The molecule has 0 unspecified atom stereocenters. The number of hydrogen-bond acceptors (Lipinski definition) is 1. The Kier molecular flexibility index (Phi) is 3.64. The molecule has 0 aromatic heterocycles. The van der Waals surface area contributed by atoms with Crippen LogP contribution < -0.4 is 5.32 Å². The Morgan fingerprint density at radius 3 is 2.23 bits per heavy atom. The van der Waals surface area contributed by atoms with Crippen molar-refractivity contribution in [1.82, 2.24) is 0 Å². The molecule has 114 valence electrons. The van der Waals surface area contributed by atoms with Gasteiger partial charge < -0.3 is 5.32 Å². The van der Waals surface area contributed by atoms with Crippen molar-refractivity contribution in [3.8, 4) is 0 Å². The molecule has 2 aromatic carbocycles. The topological polar surface area (TPSA) is 29.1 Å². The molecule has 1 aliphatic rings. The van der Waals surface area contributed by atoms with Gasteiger partial charge in [0.15, 0.2) is 0 Å². The summed E-state index contributed by atoms with van der Waals surface area (Å²) in [6, 6.07) is 12.5. The molecule has 1 amide bonds. The molecule has 22 heavy (non-hydrogen) atoms. The van der Waals surface area contributed by atoms with Gasteiger partial charge >= 0.3 is 6.18 Å². The number of amides is 1. The predicted octanol–water partition coefficient (Wildman–Crippen LogP) is 4.06. The van der Waals surface area contributed by atoms with Gasteiger partial charge in [-0.2, -0.15) is 13.2 Å². The van der Waals surface area contributed by atoms with Crippen molar-refractivity contribution < 1.29 is 18.0 Å². The number of nitrogens with one attached hydrogen (secondary N) is 1. The van der Waals surface area contributed by atoms with Gasteiger partial charge in [-0.3, -0.25) is 4.79 Å². The zero-order chi connectivity index (χ0) is 15.7. The highest BCUT2D eigenvalue weighted by molar-refractivity contribution is 5.93. The van der Waals surface area contributed by atoms with E-state index in [0.717, 1.165) is 23.3 Å². The van der Waals surface area contributed by atoms with Gasteiger partial charge in [0.25, 0.3) is 0 Å². The molecule has 0 aliphatic heterocycles. The molecule has 0 saturated heterocycles. The van der Waals surface area contributed by atoms with Crippen LogP contribution in [0.2, 0.25) is 0 Å². The van der Waals surface area contributed by atoms with Crippen LogP contribution >= 0.6 is 0 Å². The summed E-state index contributed by atoms with van der Waals surface area (Å²) in [5, 5.41) is 2.59. The number of benzene rings is 2. The van der Waals surface area contributed by atoms with E-state index in [1.54, 1.807) is 0 Å². The number of hydrogen-bond donors (Lipinski definition) is 1. The molecule has 1 aliphatic carbocycles. The van der Waals surface area contributed by atoms with E-state index in [1.807, 2.05) is 24.3 Å². The Hall–Kier alpha value is -2.30. The third-order valence-electron chi connectivity index (χ3n) is 3.88. The molecular weight excluding hydrogens is 291 g/mol. The number of halogens is 3. The van der Waals surface area contributed by atoms with Crippen molar-refractivity contribution in [1.29, 1.82) is 0 Å². The largest absolute Gasteiger partial charge is 0.416 e. The van der Waals surface area contributed by atoms with E-state index in [4.69, 9.17) is 0 Å². The minimum absolute atomic E-state index is 0.177. The van der Waals surface area contributed by atoms with E-state index in [2.05, 4.69) is 5.32 Å². The fraction of sp³-hybridized carbons (Fsp3) is 0.235. The molecule has 0 spiro atoms. The Morgan fingerprint density at radius 2 is 1.64 bits per heavy atom. The molecule has 1 N–H and O–H groups in total. The van der Waals surface area contributed by atoms with Crippen molar-refractivity contribution >= 4 is 11.6 Å². The van der Waals surface area contributed by atoms with E-state index < -0.39 is 11.7 Å². The number of rotatable bonds is 2. The molecule has 5 heteroatoms. The summed E-state index contributed by atoms with van der Waals surface area (Å²) in [5.41, 5.74) is 1.68. The van der Waals surface area contributed by atoms with Crippen LogP contribution in [0.15, 0.2) is 48.5 Å². The maximum Gasteiger partial charge on any atom is 0.416 e. The summed E-state index contributed by atoms with van der Waals surface area (Å²) in [7, 11) is 0. The summed E-state index contributed by atoms with van der Waals surface area (Å²) < 4.78 is 38.0. The number of fused-ring (bicyclic) bond motifs is 1. The van der Waals surface area contributed by atoms with E-state index >= 15 is 0 Å². The van der Waals surface area contributed by atoms with E-state index in [-0.39, 0.29) is 17.5 Å². The van der Waals surface area contributed by atoms with Crippen LogP contribution in [0.3, 0.4) is 0 Å². The van der Waals surface area contributed by atoms with Gasteiger partial charge in [-0.1, -0.05) is 30.3 Å². The van der Waals surface area contributed by atoms with Crippen LogP contribution in [0.5, 0.6) is 0 Å². The normalized spacial score (nSPS) is 14.7. The number of carbonyl (C=O) groups is 1. The van der Waals surface area contributed by atoms with Gasteiger partial charge in [0, 0.05) is 11.6 Å². The highest BCUT2D eigenvalue weighted by atomic mass is 19.4. The van der Waals surface area contributed by atoms with Gasteiger partial charge in [0.05, 0.1) is 5.56 Å². The zero-order valence-corrected chi connectivity index (χ0v) is 11.7. The average Bonchev–Trinajstić information content (AvgIpc) is 2.90. The number of anilines is 1. The van der Waals surface area contributed by atoms with Gasteiger partial charge in [0.2, 0.25) is 5.91 Å². The first-order valence-electron chi connectivity index (χ1n) is 6.98. The predicted molar refractivity (Wildman–Crippen MR) is 77.4 cm³/mol. The first kappa shape index (κ1) is 14.6. The summed E-state index contributed by atoms with van der Waals surface area (Å²) in [6.45, 7) is 0. The molecule has 0 heterocycles. The molecule has 0 fully saturated rings. The highest BCUT2D eigenvalue weighted by Crippen LogP contribution is 2.31. The maximum absolute atomic E-state index is 12.7. The quantitative estimate of drug-likeness (QED) is 0.890. The third kappa shape index (κ3) is 2.98. The first-order chi connectivity index (χ1) is 10.4. The second-order valence-electron chi connectivity index (χ2n) is 5.44.